The molecule has 1 aliphatic rings. The first kappa shape index (κ1) is 19.7. The van der Waals surface area contributed by atoms with Gasteiger partial charge in [-0.3, -0.25) is 0 Å². The van der Waals surface area contributed by atoms with Crippen LogP contribution in [0.25, 0.3) is 5.69 Å². The number of alkyl halides is 3. The zero-order valence-corrected chi connectivity index (χ0v) is 15.8. The number of hydrogen-bond acceptors (Lipinski definition) is 5. The van der Waals surface area contributed by atoms with Crippen LogP contribution in [0, 0.1) is 0 Å². The molecule has 1 aromatic heterocycles. The summed E-state index contributed by atoms with van der Waals surface area (Å²) in [6.45, 7) is 2.17. The van der Waals surface area contributed by atoms with Gasteiger partial charge in [0.25, 0.3) is 0 Å². The number of para-hydroxylation sites is 2. The van der Waals surface area contributed by atoms with Crippen molar-refractivity contribution in [1.29, 1.82) is 0 Å². The number of benzene rings is 2. The third-order valence-electron chi connectivity index (χ3n) is 4.92. The second-order valence-electron chi connectivity index (χ2n) is 6.79. The van der Waals surface area contributed by atoms with Crippen LogP contribution in [0.5, 0.6) is 0 Å². The van der Waals surface area contributed by atoms with Gasteiger partial charge in [-0.05, 0) is 24.3 Å². The van der Waals surface area contributed by atoms with Crippen LogP contribution >= 0.6 is 0 Å². The fourth-order valence-corrected chi connectivity index (χ4v) is 3.46. The predicted octanol–water partition coefficient (Wildman–Crippen LogP) is 3.31. The minimum absolute atomic E-state index is 0.0622. The first-order chi connectivity index (χ1) is 14.3. The Hall–Kier alpha value is -3.56. The normalized spacial score (nSPS) is 14.8. The summed E-state index contributed by atoms with van der Waals surface area (Å²) in [5.74, 6) is -1.28. The van der Waals surface area contributed by atoms with Gasteiger partial charge in [0.1, 0.15) is 0 Å². The Kier molecular flexibility index (Phi) is 5.06. The van der Waals surface area contributed by atoms with Gasteiger partial charge >= 0.3 is 12.1 Å². The van der Waals surface area contributed by atoms with Gasteiger partial charge in [0.15, 0.2) is 5.82 Å². The van der Waals surface area contributed by atoms with Crippen molar-refractivity contribution in [3.8, 4) is 5.69 Å². The molecule has 1 N–H and O–H groups in total. The molecule has 7 nitrogen and oxygen atoms in total. The number of rotatable bonds is 4. The molecule has 2 aromatic carbocycles. The second-order valence-corrected chi connectivity index (χ2v) is 6.79. The monoisotopic (exact) mass is 417 g/mol. The van der Waals surface area contributed by atoms with Crippen LogP contribution in [0.15, 0.2) is 54.6 Å². The van der Waals surface area contributed by atoms with Gasteiger partial charge in [-0.1, -0.05) is 30.3 Å². The largest absolute Gasteiger partial charge is 0.476 e. The van der Waals surface area contributed by atoms with Crippen LogP contribution in [0.2, 0.25) is 0 Å². The van der Waals surface area contributed by atoms with Crippen LogP contribution in [-0.4, -0.2) is 52.2 Å². The van der Waals surface area contributed by atoms with E-state index >= 15 is 0 Å². The fourth-order valence-electron chi connectivity index (χ4n) is 3.46. The maximum Gasteiger partial charge on any atom is 0.418 e. The van der Waals surface area contributed by atoms with Gasteiger partial charge in [0.2, 0.25) is 5.69 Å². The van der Waals surface area contributed by atoms with Gasteiger partial charge in [-0.25, -0.2) is 4.79 Å². The van der Waals surface area contributed by atoms with Gasteiger partial charge < -0.3 is 14.9 Å². The molecule has 0 amide bonds. The molecule has 0 aliphatic carbocycles. The van der Waals surface area contributed by atoms with Crippen molar-refractivity contribution in [3.63, 3.8) is 0 Å². The minimum Gasteiger partial charge on any atom is -0.476 e. The van der Waals surface area contributed by atoms with Gasteiger partial charge in [0, 0.05) is 31.9 Å². The number of nitrogens with zero attached hydrogens (tertiary/aromatic N) is 5. The van der Waals surface area contributed by atoms with E-state index in [4.69, 9.17) is 0 Å². The second kappa shape index (κ2) is 7.69. The fraction of sp³-hybridized carbons (Fsp3) is 0.250. The third-order valence-corrected chi connectivity index (χ3v) is 4.92. The highest BCUT2D eigenvalue weighted by Crippen LogP contribution is 2.34. The first-order valence-electron chi connectivity index (χ1n) is 9.27. The highest BCUT2D eigenvalue weighted by molar-refractivity contribution is 5.91. The van der Waals surface area contributed by atoms with E-state index in [1.807, 2.05) is 30.3 Å². The molecule has 1 fully saturated rings. The summed E-state index contributed by atoms with van der Waals surface area (Å²) in [5.41, 5.74) is -0.572. The molecule has 30 heavy (non-hydrogen) atoms. The molecule has 2 heterocycles. The summed E-state index contributed by atoms with van der Waals surface area (Å²) in [7, 11) is 0. The summed E-state index contributed by atoms with van der Waals surface area (Å²) in [6.07, 6.45) is -4.62. The average molecular weight is 417 g/mol. The van der Waals surface area contributed by atoms with Crippen LogP contribution in [-0.2, 0) is 6.18 Å². The van der Waals surface area contributed by atoms with E-state index in [-0.39, 0.29) is 17.2 Å². The summed E-state index contributed by atoms with van der Waals surface area (Å²) >= 11 is 0. The molecule has 0 spiro atoms. The molecule has 0 radical (unpaired) electrons. The molecule has 1 saturated heterocycles. The lowest BCUT2D eigenvalue weighted by atomic mass is 10.2. The Morgan fingerprint density at radius 2 is 1.47 bits per heavy atom. The first-order valence-corrected chi connectivity index (χ1v) is 9.27. The molecule has 0 saturated carbocycles. The number of aromatic carboxylic acids is 1. The Bertz CT molecular complexity index is 1040. The van der Waals surface area contributed by atoms with Crippen molar-refractivity contribution in [3.05, 3.63) is 65.9 Å². The Labute approximate surface area is 169 Å². The highest BCUT2D eigenvalue weighted by atomic mass is 19.4. The van der Waals surface area contributed by atoms with Crippen molar-refractivity contribution in [1.82, 2.24) is 15.0 Å². The number of carboxylic acids is 1. The predicted molar refractivity (Wildman–Crippen MR) is 104 cm³/mol. The summed E-state index contributed by atoms with van der Waals surface area (Å²) < 4.78 is 40.1. The van der Waals surface area contributed by atoms with E-state index in [9.17, 15) is 23.1 Å². The van der Waals surface area contributed by atoms with Gasteiger partial charge in [-0.2, -0.15) is 13.2 Å². The number of aromatic nitrogens is 3. The molecule has 0 unspecified atom stereocenters. The zero-order chi connectivity index (χ0) is 21.3. The van der Waals surface area contributed by atoms with Gasteiger partial charge in [-0.15, -0.1) is 15.0 Å². The standard InChI is InChI=1S/C20H18F3N5O2/c21-20(22,23)15-8-4-5-9-16(15)28-24-17(19(29)30)18(25-28)27-12-10-26(11-13-27)14-6-2-1-3-7-14/h1-9H,10-13H2,(H,29,30). The van der Waals surface area contributed by atoms with E-state index in [0.717, 1.165) is 16.6 Å². The topological polar surface area (TPSA) is 74.5 Å². The molecule has 3 aromatic rings. The Balaban J connectivity index is 1.63. The quantitative estimate of drug-likeness (QED) is 0.702. The molecule has 156 valence electrons. The van der Waals surface area contributed by atoms with E-state index in [2.05, 4.69) is 15.1 Å². The highest BCUT2D eigenvalue weighted by Gasteiger charge is 2.35. The summed E-state index contributed by atoms with van der Waals surface area (Å²) in [4.78, 5) is 16.3. The molecule has 4 rings (SSSR count). The van der Waals surface area contributed by atoms with Crippen LogP contribution < -0.4 is 9.80 Å². The zero-order valence-electron chi connectivity index (χ0n) is 15.8. The number of hydrogen-bond donors (Lipinski definition) is 1. The Morgan fingerprint density at radius 3 is 2.10 bits per heavy atom. The van der Waals surface area contributed by atoms with Crippen molar-refractivity contribution in [2.45, 2.75) is 6.18 Å². The van der Waals surface area contributed by atoms with Crippen LogP contribution in [0.4, 0.5) is 24.7 Å². The molecule has 10 heteroatoms. The molecular formula is C20H18F3N5O2. The summed E-state index contributed by atoms with van der Waals surface area (Å²) in [5, 5.41) is 17.5. The van der Waals surface area contributed by atoms with E-state index < -0.39 is 17.7 Å². The maximum atomic E-state index is 13.4. The lowest BCUT2D eigenvalue weighted by Gasteiger charge is -2.36. The third kappa shape index (κ3) is 3.80. The van der Waals surface area contributed by atoms with Crippen LogP contribution in [0.3, 0.4) is 0 Å². The minimum atomic E-state index is -4.62. The van der Waals surface area contributed by atoms with Crippen molar-refractivity contribution in [2.24, 2.45) is 0 Å². The number of carbonyl (C=O) groups is 1. The maximum absolute atomic E-state index is 13.4. The average Bonchev–Trinajstić information content (AvgIpc) is 3.20. The number of halogens is 3. The van der Waals surface area contributed by atoms with E-state index in [0.29, 0.717) is 26.2 Å². The van der Waals surface area contributed by atoms with E-state index in [1.165, 1.54) is 18.2 Å². The smallest absolute Gasteiger partial charge is 0.418 e. The number of piperazine rings is 1. The van der Waals surface area contributed by atoms with Gasteiger partial charge in [0.05, 0.1) is 11.3 Å². The summed E-state index contributed by atoms with van der Waals surface area (Å²) in [6, 6.07) is 14.6. The number of anilines is 2. The molecule has 0 bridgehead atoms. The lowest BCUT2D eigenvalue weighted by Crippen LogP contribution is -2.47. The molecule has 1 aliphatic heterocycles. The van der Waals surface area contributed by atoms with Crippen LogP contribution in [0.1, 0.15) is 16.1 Å². The van der Waals surface area contributed by atoms with Crippen molar-refractivity contribution < 1.29 is 23.1 Å². The molecule has 0 atom stereocenters. The lowest BCUT2D eigenvalue weighted by molar-refractivity contribution is -0.137. The SMILES string of the molecule is O=C(O)c1nn(-c2ccccc2C(F)(F)F)nc1N1CCN(c2ccccc2)CC1. The van der Waals surface area contributed by atoms with Crippen molar-refractivity contribution in [2.75, 3.05) is 36.0 Å². The Morgan fingerprint density at radius 1 is 0.867 bits per heavy atom. The number of carboxylic acid groups (broad SMARTS) is 1. The van der Waals surface area contributed by atoms with E-state index in [1.54, 1.807) is 4.90 Å². The van der Waals surface area contributed by atoms with Crippen molar-refractivity contribution >= 4 is 17.5 Å². The molecular weight excluding hydrogens is 399 g/mol.